The van der Waals surface area contributed by atoms with Crippen molar-refractivity contribution in [1.82, 2.24) is 20.2 Å². The van der Waals surface area contributed by atoms with Crippen molar-refractivity contribution in [3.05, 3.63) is 47.5 Å². The number of hydrogen-bond acceptors (Lipinski definition) is 5. The van der Waals surface area contributed by atoms with Crippen molar-refractivity contribution in [3.63, 3.8) is 0 Å². The predicted octanol–water partition coefficient (Wildman–Crippen LogP) is 1.97. The molecule has 0 radical (unpaired) electrons. The molecule has 3 amide bonds. The topological polar surface area (TPSA) is 139 Å². The van der Waals surface area contributed by atoms with Crippen LogP contribution in [0, 0.1) is 0 Å². The lowest BCUT2D eigenvalue weighted by molar-refractivity contribution is -0.141. The van der Waals surface area contributed by atoms with Gasteiger partial charge in [0.15, 0.2) is 0 Å². The molecular weight excluding hydrogens is 438 g/mol. The van der Waals surface area contributed by atoms with Crippen LogP contribution in [-0.4, -0.2) is 56.6 Å². The van der Waals surface area contributed by atoms with Crippen LogP contribution in [0.15, 0.2) is 30.6 Å². The molecule has 1 aliphatic rings. The van der Waals surface area contributed by atoms with Crippen LogP contribution in [0.1, 0.15) is 28.2 Å². The fourth-order valence-corrected chi connectivity index (χ4v) is 3.29. The Morgan fingerprint density at radius 3 is 2.50 bits per heavy atom. The summed E-state index contributed by atoms with van der Waals surface area (Å²) >= 11 is 0. The molecule has 3 rings (SSSR count). The highest BCUT2D eigenvalue weighted by Crippen LogP contribution is 2.30. The van der Waals surface area contributed by atoms with Crippen molar-refractivity contribution in [2.45, 2.75) is 31.4 Å². The molecule has 1 aliphatic heterocycles. The number of carbonyl (C=O) groups is 3. The molecule has 2 atom stereocenters. The molecule has 170 valence electrons. The number of nitrogens with one attached hydrogen (secondary N) is 1. The summed E-state index contributed by atoms with van der Waals surface area (Å²) in [5, 5.41) is 11.5. The van der Waals surface area contributed by atoms with Crippen LogP contribution in [0.3, 0.4) is 0 Å². The van der Waals surface area contributed by atoms with Crippen molar-refractivity contribution >= 4 is 17.9 Å². The summed E-state index contributed by atoms with van der Waals surface area (Å²) in [4.78, 5) is 43.3. The van der Waals surface area contributed by atoms with E-state index in [0.29, 0.717) is 4.90 Å². The second-order valence-corrected chi connectivity index (χ2v) is 7.02. The number of carbonyl (C=O) groups excluding carboxylic acids is 2. The van der Waals surface area contributed by atoms with E-state index in [4.69, 9.17) is 10.8 Å². The van der Waals surface area contributed by atoms with E-state index in [2.05, 4.69) is 15.3 Å². The lowest BCUT2D eigenvalue weighted by Gasteiger charge is -2.20. The number of rotatable bonds is 5. The molecule has 0 spiro atoms. The molecule has 9 nitrogen and oxygen atoms in total. The van der Waals surface area contributed by atoms with Gasteiger partial charge in [-0.15, -0.1) is 0 Å². The van der Waals surface area contributed by atoms with Gasteiger partial charge in [0, 0.05) is 24.4 Å². The van der Waals surface area contributed by atoms with Gasteiger partial charge in [0.25, 0.3) is 5.91 Å². The van der Waals surface area contributed by atoms with Crippen molar-refractivity contribution < 1.29 is 37.1 Å². The average Bonchev–Trinajstić information content (AvgIpc) is 3.13. The van der Waals surface area contributed by atoms with Gasteiger partial charge in [-0.05, 0) is 17.7 Å². The zero-order chi connectivity index (χ0) is 23.6. The lowest BCUT2D eigenvalue weighted by atomic mass is 10.0. The van der Waals surface area contributed by atoms with Gasteiger partial charge in [0.1, 0.15) is 17.9 Å². The number of hydrogen-bond donors (Lipinski definition) is 3. The molecular formula is C19H17F4N5O4. The minimum atomic E-state index is -4.64. The Hall–Kier alpha value is -3.77. The van der Waals surface area contributed by atoms with Gasteiger partial charge in [-0.1, -0.05) is 6.07 Å². The maximum Gasteiger partial charge on any atom is 0.433 e. The van der Waals surface area contributed by atoms with Crippen molar-refractivity contribution in [2.24, 2.45) is 5.73 Å². The van der Waals surface area contributed by atoms with Gasteiger partial charge in [0.2, 0.25) is 5.91 Å². The number of nitrogens with zero attached hydrogens (tertiary/aromatic N) is 3. The molecule has 3 heterocycles. The van der Waals surface area contributed by atoms with Gasteiger partial charge in [-0.2, -0.15) is 13.2 Å². The average molecular weight is 455 g/mol. The first-order valence-corrected chi connectivity index (χ1v) is 9.21. The fourth-order valence-electron chi connectivity index (χ4n) is 3.29. The fraction of sp³-hybridized carbons (Fsp3) is 0.316. The van der Waals surface area contributed by atoms with E-state index >= 15 is 0 Å². The van der Waals surface area contributed by atoms with E-state index in [1.807, 2.05) is 0 Å². The monoisotopic (exact) mass is 455 g/mol. The second kappa shape index (κ2) is 8.77. The highest BCUT2D eigenvalue weighted by Gasteiger charge is 2.39. The number of nitrogens with two attached hydrogens (primary N) is 1. The van der Waals surface area contributed by atoms with Crippen LogP contribution in [-0.2, 0) is 17.5 Å². The third-order valence-corrected chi connectivity index (χ3v) is 4.83. The van der Waals surface area contributed by atoms with Crippen LogP contribution < -0.4 is 11.1 Å². The molecule has 0 saturated carbocycles. The first kappa shape index (κ1) is 22.9. The Balaban J connectivity index is 1.81. The van der Waals surface area contributed by atoms with E-state index in [-0.39, 0.29) is 35.3 Å². The number of amides is 3. The number of likely N-dealkylation sites (tertiary alicyclic amines) is 1. The van der Waals surface area contributed by atoms with Crippen molar-refractivity contribution in [2.75, 3.05) is 6.54 Å². The first-order chi connectivity index (χ1) is 15.0. The Morgan fingerprint density at radius 2 is 1.94 bits per heavy atom. The molecule has 4 N–H and O–H groups in total. The number of aromatic nitrogens is 2. The summed E-state index contributed by atoms with van der Waals surface area (Å²) in [7, 11) is 0. The summed E-state index contributed by atoms with van der Waals surface area (Å²) in [6.45, 7) is -0.621. The summed E-state index contributed by atoms with van der Waals surface area (Å²) in [6.07, 6.45) is -5.78. The van der Waals surface area contributed by atoms with Gasteiger partial charge < -0.3 is 16.2 Å². The Bertz CT molecular complexity index is 1050. The molecule has 0 unspecified atom stereocenters. The van der Waals surface area contributed by atoms with Gasteiger partial charge >= 0.3 is 12.3 Å². The lowest BCUT2D eigenvalue weighted by Crippen LogP contribution is -2.45. The molecule has 32 heavy (non-hydrogen) atoms. The quantitative estimate of drug-likeness (QED) is 0.590. The SMILES string of the molecule is NC(=O)c1cnc(CNC(=O)[C@@H]2C[C@@H](F)CN2C(=O)O)cc1-c1ccc(C(F)(F)F)nc1. The van der Waals surface area contributed by atoms with Crippen LogP contribution in [0.2, 0.25) is 0 Å². The van der Waals surface area contributed by atoms with Crippen LogP contribution in [0.4, 0.5) is 22.4 Å². The molecule has 2 aromatic heterocycles. The van der Waals surface area contributed by atoms with E-state index < -0.39 is 48.5 Å². The highest BCUT2D eigenvalue weighted by atomic mass is 19.4. The van der Waals surface area contributed by atoms with E-state index in [0.717, 1.165) is 24.5 Å². The zero-order valence-electron chi connectivity index (χ0n) is 16.3. The van der Waals surface area contributed by atoms with E-state index in [9.17, 15) is 31.9 Å². The summed E-state index contributed by atoms with van der Waals surface area (Å²) in [5.74, 6) is -1.61. The van der Waals surface area contributed by atoms with E-state index in [1.165, 1.54) is 6.07 Å². The minimum Gasteiger partial charge on any atom is -0.465 e. The molecule has 1 saturated heterocycles. The maximum absolute atomic E-state index is 13.6. The third-order valence-electron chi connectivity index (χ3n) is 4.83. The minimum absolute atomic E-state index is 0.0743. The molecule has 1 fully saturated rings. The number of primary amides is 1. The van der Waals surface area contributed by atoms with Gasteiger partial charge in [0.05, 0.1) is 24.3 Å². The van der Waals surface area contributed by atoms with Crippen LogP contribution >= 0.6 is 0 Å². The third kappa shape index (κ3) is 4.92. The Labute approximate surface area is 178 Å². The summed E-state index contributed by atoms with van der Waals surface area (Å²) < 4.78 is 51.8. The molecule has 13 heteroatoms. The van der Waals surface area contributed by atoms with Gasteiger partial charge in [-0.25, -0.2) is 9.18 Å². The Morgan fingerprint density at radius 1 is 1.22 bits per heavy atom. The normalized spacial score (nSPS) is 18.4. The van der Waals surface area contributed by atoms with E-state index in [1.54, 1.807) is 0 Å². The number of pyridine rings is 2. The smallest absolute Gasteiger partial charge is 0.433 e. The van der Waals surface area contributed by atoms with Crippen LogP contribution in [0.25, 0.3) is 11.1 Å². The number of carboxylic acid groups (broad SMARTS) is 1. The van der Waals surface area contributed by atoms with Crippen molar-refractivity contribution in [1.29, 1.82) is 0 Å². The second-order valence-electron chi connectivity index (χ2n) is 7.02. The standard InChI is InChI=1S/C19H17F4N5O4/c20-10-3-14(28(8-10)18(31)32)17(30)27-6-11-4-12(13(7-25-11)16(24)29)9-1-2-15(26-5-9)19(21,22)23/h1-2,4-5,7,10,14H,3,6,8H2,(H2,24,29)(H,27,30)(H,31,32)/t10-,14+/m1/s1. The van der Waals surface area contributed by atoms with Crippen LogP contribution in [0.5, 0.6) is 0 Å². The van der Waals surface area contributed by atoms with Gasteiger partial charge in [-0.3, -0.25) is 24.5 Å². The maximum atomic E-state index is 13.6. The largest absolute Gasteiger partial charge is 0.465 e. The number of halogens is 4. The van der Waals surface area contributed by atoms with Crippen molar-refractivity contribution in [3.8, 4) is 11.1 Å². The molecule has 0 aromatic carbocycles. The number of alkyl halides is 4. The zero-order valence-corrected chi connectivity index (χ0v) is 16.3. The molecule has 0 bridgehead atoms. The first-order valence-electron chi connectivity index (χ1n) is 9.21. The predicted molar refractivity (Wildman–Crippen MR) is 101 cm³/mol. The summed E-state index contributed by atoms with van der Waals surface area (Å²) in [6, 6.07) is 2.00. The molecule has 0 aliphatic carbocycles. The summed E-state index contributed by atoms with van der Waals surface area (Å²) in [5.41, 5.74) is 4.64. The Kier molecular flexibility index (Phi) is 6.27. The highest BCUT2D eigenvalue weighted by molar-refractivity contribution is 5.99. The molecule has 2 aromatic rings.